The van der Waals surface area contributed by atoms with Gasteiger partial charge in [0.15, 0.2) is 0 Å². The van der Waals surface area contributed by atoms with Gasteiger partial charge in [-0.25, -0.2) is 0 Å². The highest BCUT2D eigenvalue weighted by Crippen LogP contribution is 2.20. The second kappa shape index (κ2) is 9.15. The molecule has 0 aliphatic carbocycles. The standard InChI is InChI=1S/C18H20ClN3O3/c1-12-8-15(19)4-5-16(12)22-18(24)14-9-13(10-20-11-14)17(23)21-6-3-7-25-2/h4-5,8-11H,3,6-7H2,1-2H3,(H,21,23)(H,22,24). The van der Waals surface area contributed by atoms with Gasteiger partial charge in [0.25, 0.3) is 11.8 Å². The smallest absolute Gasteiger partial charge is 0.257 e. The molecule has 2 N–H and O–H groups in total. The molecule has 132 valence electrons. The number of carbonyl (C=O) groups excluding carboxylic acids is 2. The topological polar surface area (TPSA) is 80.3 Å². The van der Waals surface area contributed by atoms with Gasteiger partial charge >= 0.3 is 0 Å². The molecule has 0 radical (unpaired) electrons. The van der Waals surface area contributed by atoms with E-state index in [1.165, 1.54) is 18.5 Å². The van der Waals surface area contributed by atoms with Gasteiger partial charge in [-0.15, -0.1) is 0 Å². The third-order valence-corrected chi connectivity index (χ3v) is 3.75. The number of ether oxygens (including phenoxy) is 1. The zero-order chi connectivity index (χ0) is 18.2. The molecule has 1 heterocycles. The van der Waals surface area contributed by atoms with Crippen molar-refractivity contribution in [3.63, 3.8) is 0 Å². The Balaban J connectivity index is 2.04. The Bertz CT molecular complexity index is 765. The van der Waals surface area contributed by atoms with Crippen LogP contribution in [0.4, 0.5) is 5.69 Å². The van der Waals surface area contributed by atoms with E-state index in [4.69, 9.17) is 16.3 Å². The van der Waals surface area contributed by atoms with Crippen LogP contribution in [0.1, 0.15) is 32.7 Å². The zero-order valence-corrected chi connectivity index (χ0v) is 14.9. The van der Waals surface area contributed by atoms with Crippen LogP contribution in [0.25, 0.3) is 0 Å². The Morgan fingerprint density at radius 2 is 1.88 bits per heavy atom. The number of aromatic nitrogens is 1. The van der Waals surface area contributed by atoms with Gasteiger partial charge < -0.3 is 15.4 Å². The minimum Gasteiger partial charge on any atom is -0.385 e. The molecule has 0 unspecified atom stereocenters. The van der Waals surface area contributed by atoms with Crippen molar-refractivity contribution >= 4 is 29.1 Å². The van der Waals surface area contributed by atoms with Crippen LogP contribution in [0, 0.1) is 6.92 Å². The number of aryl methyl sites for hydroxylation is 1. The first kappa shape index (κ1) is 18.9. The molecule has 1 aromatic carbocycles. The molecular formula is C18H20ClN3O3. The molecule has 0 bridgehead atoms. The Labute approximate surface area is 151 Å². The summed E-state index contributed by atoms with van der Waals surface area (Å²) in [7, 11) is 1.61. The Morgan fingerprint density at radius 3 is 2.56 bits per heavy atom. The number of amides is 2. The highest BCUT2D eigenvalue weighted by atomic mass is 35.5. The molecule has 0 aliphatic rings. The molecule has 2 amide bonds. The van der Waals surface area contributed by atoms with Gasteiger partial charge in [0.1, 0.15) is 0 Å². The summed E-state index contributed by atoms with van der Waals surface area (Å²) in [6.07, 6.45) is 3.56. The summed E-state index contributed by atoms with van der Waals surface area (Å²) < 4.78 is 4.93. The van der Waals surface area contributed by atoms with Crippen LogP contribution in [-0.2, 0) is 4.74 Å². The third kappa shape index (κ3) is 5.55. The summed E-state index contributed by atoms with van der Waals surface area (Å²) in [6, 6.07) is 6.71. The van der Waals surface area contributed by atoms with Crippen molar-refractivity contribution in [1.29, 1.82) is 0 Å². The van der Waals surface area contributed by atoms with Crippen molar-refractivity contribution in [3.05, 3.63) is 58.4 Å². The lowest BCUT2D eigenvalue weighted by Crippen LogP contribution is -2.25. The SMILES string of the molecule is COCCCNC(=O)c1cncc(C(=O)Nc2ccc(Cl)cc2C)c1. The normalized spacial score (nSPS) is 10.4. The maximum atomic E-state index is 12.4. The number of benzene rings is 1. The van der Waals surface area contributed by atoms with Gasteiger partial charge in [0.05, 0.1) is 11.1 Å². The van der Waals surface area contributed by atoms with Gasteiger partial charge in [0, 0.05) is 43.4 Å². The van der Waals surface area contributed by atoms with Crippen molar-refractivity contribution in [2.45, 2.75) is 13.3 Å². The van der Waals surface area contributed by atoms with Crippen LogP contribution in [0.2, 0.25) is 5.02 Å². The molecule has 6 nitrogen and oxygen atoms in total. The number of hydrogen-bond acceptors (Lipinski definition) is 4. The minimum atomic E-state index is -0.341. The van der Waals surface area contributed by atoms with E-state index in [9.17, 15) is 9.59 Å². The molecule has 0 fully saturated rings. The highest BCUT2D eigenvalue weighted by molar-refractivity contribution is 6.30. The van der Waals surface area contributed by atoms with Gasteiger partial charge in [-0.3, -0.25) is 14.6 Å². The van der Waals surface area contributed by atoms with Gasteiger partial charge in [0.2, 0.25) is 0 Å². The molecule has 2 aromatic rings. The number of methoxy groups -OCH3 is 1. The molecule has 1 aromatic heterocycles. The van der Waals surface area contributed by atoms with Gasteiger partial charge in [-0.1, -0.05) is 11.6 Å². The maximum Gasteiger partial charge on any atom is 0.257 e. The zero-order valence-electron chi connectivity index (χ0n) is 14.1. The first-order valence-corrected chi connectivity index (χ1v) is 8.18. The van der Waals surface area contributed by atoms with Crippen LogP contribution in [-0.4, -0.2) is 37.1 Å². The lowest BCUT2D eigenvalue weighted by atomic mass is 10.1. The van der Waals surface area contributed by atoms with Crippen LogP contribution >= 0.6 is 11.6 Å². The number of nitrogens with zero attached hydrogens (tertiary/aromatic N) is 1. The number of carbonyl (C=O) groups is 2. The van der Waals surface area contributed by atoms with E-state index in [2.05, 4.69) is 15.6 Å². The predicted octanol–water partition coefficient (Wildman–Crippen LogP) is 3.06. The average molecular weight is 362 g/mol. The molecule has 25 heavy (non-hydrogen) atoms. The molecule has 2 rings (SSSR count). The Hall–Kier alpha value is -2.44. The van der Waals surface area contributed by atoms with Crippen LogP contribution in [0.5, 0.6) is 0 Å². The number of anilines is 1. The Kier molecular flexibility index (Phi) is 6.91. The second-order valence-electron chi connectivity index (χ2n) is 5.48. The quantitative estimate of drug-likeness (QED) is 0.743. The molecule has 7 heteroatoms. The number of pyridine rings is 1. The number of hydrogen-bond donors (Lipinski definition) is 2. The summed E-state index contributed by atoms with van der Waals surface area (Å²) in [4.78, 5) is 28.5. The van der Waals surface area contributed by atoms with Gasteiger partial charge in [-0.05, 0) is 43.2 Å². The molecule has 0 saturated carbocycles. The summed E-state index contributed by atoms with van der Waals surface area (Å²) in [6.45, 7) is 2.91. The maximum absolute atomic E-state index is 12.4. The van der Waals surface area contributed by atoms with E-state index in [-0.39, 0.29) is 11.8 Å². The lowest BCUT2D eigenvalue weighted by molar-refractivity contribution is 0.0948. The number of halogens is 1. The summed E-state index contributed by atoms with van der Waals surface area (Å²) >= 11 is 5.91. The summed E-state index contributed by atoms with van der Waals surface area (Å²) in [5, 5.41) is 6.15. The van der Waals surface area contributed by atoms with E-state index in [1.54, 1.807) is 25.3 Å². The van der Waals surface area contributed by atoms with E-state index in [0.717, 1.165) is 5.56 Å². The fourth-order valence-corrected chi connectivity index (χ4v) is 2.40. The largest absolute Gasteiger partial charge is 0.385 e. The number of nitrogens with one attached hydrogen (secondary N) is 2. The van der Waals surface area contributed by atoms with Crippen LogP contribution in [0.3, 0.4) is 0 Å². The van der Waals surface area contributed by atoms with Crippen molar-refractivity contribution in [3.8, 4) is 0 Å². The fourth-order valence-electron chi connectivity index (χ4n) is 2.17. The summed E-state index contributed by atoms with van der Waals surface area (Å²) in [5.41, 5.74) is 2.14. The molecule has 0 spiro atoms. The van der Waals surface area contributed by atoms with Crippen molar-refractivity contribution in [1.82, 2.24) is 10.3 Å². The first-order chi connectivity index (χ1) is 12.0. The predicted molar refractivity (Wildman–Crippen MR) is 97.2 cm³/mol. The van der Waals surface area contributed by atoms with Crippen LogP contribution < -0.4 is 10.6 Å². The number of rotatable bonds is 7. The fraction of sp³-hybridized carbons (Fsp3) is 0.278. The second-order valence-corrected chi connectivity index (χ2v) is 5.91. The van der Waals surface area contributed by atoms with E-state index < -0.39 is 0 Å². The van der Waals surface area contributed by atoms with Gasteiger partial charge in [-0.2, -0.15) is 0 Å². The van der Waals surface area contributed by atoms with Crippen LogP contribution in [0.15, 0.2) is 36.7 Å². The molecular weight excluding hydrogens is 342 g/mol. The molecule has 0 aliphatic heterocycles. The Morgan fingerprint density at radius 1 is 1.16 bits per heavy atom. The van der Waals surface area contributed by atoms with Crippen molar-refractivity contribution in [2.24, 2.45) is 0 Å². The van der Waals surface area contributed by atoms with E-state index in [0.29, 0.717) is 41.4 Å². The minimum absolute atomic E-state index is 0.277. The third-order valence-electron chi connectivity index (χ3n) is 3.51. The monoisotopic (exact) mass is 361 g/mol. The molecule has 0 saturated heterocycles. The van der Waals surface area contributed by atoms with Crippen molar-refractivity contribution < 1.29 is 14.3 Å². The van der Waals surface area contributed by atoms with Crippen molar-refractivity contribution in [2.75, 3.05) is 25.6 Å². The highest BCUT2D eigenvalue weighted by Gasteiger charge is 2.12. The van der Waals surface area contributed by atoms with E-state index >= 15 is 0 Å². The van der Waals surface area contributed by atoms with E-state index in [1.807, 2.05) is 6.92 Å². The average Bonchev–Trinajstić information content (AvgIpc) is 2.61. The molecule has 0 atom stereocenters. The lowest BCUT2D eigenvalue weighted by Gasteiger charge is -2.09. The first-order valence-electron chi connectivity index (χ1n) is 7.81. The summed E-state index contributed by atoms with van der Waals surface area (Å²) in [5.74, 6) is -0.618.